The highest BCUT2D eigenvalue weighted by molar-refractivity contribution is 5.78. The molecule has 0 aliphatic rings. The summed E-state index contributed by atoms with van der Waals surface area (Å²) in [6.07, 6.45) is 0.707. The molecular weight excluding hydrogens is 200 g/mol. The third kappa shape index (κ3) is 3.35. The van der Waals surface area contributed by atoms with E-state index in [4.69, 9.17) is 5.73 Å². The van der Waals surface area contributed by atoms with E-state index in [0.717, 1.165) is 0 Å². The zero-order valence-electron chi connectivity index (χ0n) is 10.2. The molecule has 3 heteroatoms. The first-order valence-corrected chi connectivity index (χ1v) is 5.55. The fourth-order valence-corrected chi connectivity index (χ4v) is 1.96. The van der Waals surface area contributed by atoms with Crippen LogP contribution in [-0.2, 0) is 11.2 Å². The lowest BCUT2D eigenvalue weighted by Crippen LogP contribution is -2.34. The summed E-state index contributed by atoms with van der Waals surface area (Å²) in [5.41, 5.74) is 9.24. The smallest absolute Gasteiger partial charge is 0.224 e. The SMILES string of the molecule is CNC(=O)C(CN)Cc1cc(C)cc(C)c1. The van der Waals surface area contributed by atoms with Gasteiger partial charge in [-0.1, -0.05) is 29.3 Å². The summed E-state index contributed by atoms with van der Waals surface area (Å²) in [5.74, 6) is -0.118. The van der Waals surface area contributed by atoms with Crippen LogP contribution in [-0.4, -0.2) is 19.5 Å². The average molecular weight is 220 g/mol. The first-order chi connectivity index (χ1) is 7.56. The van der Waals surface area contributed by atoms with E-state index in [1.807, 2.05) is 0 Å². The van der Waals surface area contributed by atoms with E-state index >= 15 is 0 Å². The van der Waals surface area contributed by atoms with Crippen molar-refractivity contribution in [2.45, 2.75) is 20.3 Å². The Morgan fingerprint density at radius 3 is 2.31 bits per heavy atom. The largest absolute Gasteiger partial charge is 0.359 e. The summed E-state index contributed by atoms with van der Waals surface area (Å²) < 4.78 is 0. The Balaban J connectivity index is 2.81. The van der Waals surface area contributed by atoms with E-state index in [0.29, 0.717) is 13.0 Å². The van der Waals surface area contributed by atoms with Crippen molar-refractivity contribution in [1.29, 1.82) is 0 Å². The number of amides is 1. The van der Waals surface area contributed by atoms with Gasteiger partial charge in [0.2, 0.25) is 5.91 Å². The van der Waals surface area contributed by atoms with E-state index in [2.05, 4.69) is 37.4 Å². The second-order valence-corrected chi connectivity index (χ2v) is 4.25. The fourth-order valence-electron chi connectivity index (χ4n) is 1.96. The van der Waals surface area contributed by atoms with Gasteiger partial charge in [-0.2, -0.15) is 0 Å². The van der Waals surface area contributed by atoms with Crippen LogP contribution in [0.2, 0.25) is 0 Å². The third-order valence-electron chi connectivity index (χ3n) is 2.67. The molecule has 1 rings (SSSR count). The summed E-state index contributed by atoms with van der Waals surface area (Å²) >= 11 is 0. The Bertz CT molecular complexity index is 354. The summed E-state index contributed by atoms with van der Waals surface area (Å²) in [5, 5.41) is 2.65. The maximum absolute atomic E-state index is 11.5. The molecule has 3 N–H and O–H groups in total. The quantitative estimate of drug-likeness (QED) is 0.800. The molecule has 0 bridgehead atoms. The topological polar surface area (TPSA) is 55.1 Å². The van der Waals surface area contributed by atoms with Gasteiger partial charge >= 0.3 is 0 Å². The van der Waals surface area contributed by atoms with Crippen LogP contribution in [0.1, 0.15) is 16.7 Å². The Labute approximate surface area is 97.0 Å². The molecule has 0 fully saturated rings. The van der Waals surface area contributed by atoms with Crippen LogP contribution < -0.4 is 11.1 Å². The summed E-state index contributed by atoms with van der Waals surface area (Å²) in [4.78, 5) is 11.5. The van der Waals surface area contributed by atoms with E-state index in [-0.39, 0.29) is 11.8 Å². The van der Waals surface area contributed by atoms with Crippen LogP contribution in [0, 0.1) is 19.8 Å². The molecule has 0 spiro atoms. The Morgan fingerprint density at radius 2 is 1.88 bits per heavy atom. The Hall–Kier alpha value is -1.35. The summed E-state index contributed by atoms with van der Waals surface area (Å²) in [6.45, 7) is 4.51. The summed E-state index contributed by atoms with van der Waals surface area (Å²) in [6, 6.07) is 6.35. The lowest BCUT2D eigenvalue weighted by molar-refractivity contribution is -0.124. The molecule has 1 atom stereocenters. The van der Waals surface area contributed by atoms with E-state index < -0.39 is 0 Å². The molecule has 1 unspecified atom stereocenters. The molecule has 0 heterocycles. The molecule has 0 saturated carbocycles. The second-order valence-electron chi connectivity index (χ2n) is 4.25. The highest BCUT2D eigenvalue weighted by Gasteiger charge is 2.15. The standard InChI is InChI=1S/C13H20N2O/c1-9-4-10(2)6-11(5-9)7-12(8-14)13(16)15-3/h4-6,12H,7-8,14H2,1-3H3,(H,15,16). The Kier molecular flexibility index (Phi) is 4.50. The van der Waals surface area contributed by atoms with Gasteiger partial charge in [0, 0.05) is 13.6 Å². The predicted molar refractivity (Wildman–Crippen MR) is 66.2 cm³/mol. The molecule has 0 aromatic heterocycles. The maximum atomic E-state index is 11.5. The molecule has 1 amide bonds. The van der Waals surface area contributed by atoms with E-state index in [1.165, 1.54) is 16.7 Å². The molecule has 1 aromatic carbocycles. The van der Waals surface area contributed by atoms with Crippen molar-refractivity contribution in [3.05, 3.63) is 34.9 Å². The number of hydrogen-bond acceptors (Lipinski definition) is 2. The molecule has 3 nitrogen and oxygen atoms in total. The molecule has 0 aliphatic heterocycles. The predicted octanol–water partition coefficient (Wildman–Crippen LogP) is 1.17. The number of carbonyl (C=O) groups is 1. The van der Waals surface area contributed by atoms with Crippen LogP contribution >= 0.6 is 0 Å². The highest BCUT2D eigenvalue weighted by atomic mass is 16.1. The van der Waals surface area contributed by atoms with Gasteiger partial charge in [0.05, 0.1) is 5.92 Å². The van der Waals surface area contributed by atoms with Gasteiger partial charge in [-0.3, -0.25) is 4.79 Å². The van der Waals surface area contributed by atoms with Gasteiger partial charge < -0.3 is 11.1 Å². The number of carbonyl (C=O) groups excluding carboxylic acids is 1. The molecule has 16 heavy (non-hydrogen) atoms. The van der Waals surface area contributed by atoms with Crippen LogP contribution in [0.25, 0.3) is 0 Å². The van der Waals surface area contributed by atoms with Crippen LogP contribution in [0.15, 0.2) is 18.2 Å². The molecule has 88 valence electrons. The molecule has 0 saturated heterocycles. The van der Waals surface area contributed by atoms with Gasteiger partial charge in [0.15, 0.2) is 0 Å². The van der Waals surface area contributed by atoms with Crippen molar-refractivity contribution in [3.63, 3.8) is 0 Å². The third-order valence-corrected chi connectivity index (χ3v) is 2.67. The lowest BCUT2D eigenvalue weighted by Gasteiger charge is -2.14. The molecule has 1 aromatic rings. The van der Waals surface area contributed by atoms with Crippen molar-refractivity contribution in [1.82, 2.24) is 5.32 Å². The van der Waals surface area contributed by atoms with Gasteiger partial charge in [-0.05, 0) is 25.8 Å². The van der Waals surface area contributed by atoms with Crippen LogP contribution in [0.3, 0.4) is 0 Å². The zero-order chi connectivity index (χ0) is 12.1. The van der Waals surface area contributed by atoms with Crippen molar-refractivity contribution in [3.8, 4) is 0 Å². The summed E-state index contributed by atoms with van der Waals surface area (Å²) in [7, 11) is 1.65. The minimum atomic E-state index is -0.133. The first kappa shape index (κ1) is 12.7. The van der Waals surface area contributed by atoms with Crippen molar-refractivity contribution in [2.24, 2.45) is 11.7 Å². The number of hydrogen-bond donors (Lipinski definition) is 2. The van der Waals surface area contributed by atoms with Gasteiger partial charge in [0.25, 0.3) is 0 Å². The van der Waals surface area contributed by atoms with Gasteiger partial charge in [-0.25, -0.2) is 0 Å². The first-order valence-electron chi connectivity index (χ1n) is 5.55. The monoisotopic (exact) mass is 220 g/mol. The minimum Gasteiger partial charge on any atom is -0.359 e. The maximum Gasteiger partial charge on any atom is 0.224 e. The lowest BCUT2D eigenvalue weighted by atomic mass is 9.96. The van der Waals surface area contributed by atoms with Crippen molar-refractivity contribution in [2.75, 3.05) is 13.6 Å². The average Bonchev–Trinajstić information content (AvgIpc) is 2.23. The highest BCUT2D eigenvalue weighted by Crippen LogP contribution is 2.13. The van der Waals surface area contributed by atoms with Crippen molar-refractivity contribution >= 4 is 5.91 Å². The molecular formula is C13H20N2O. The number of nitrogens with two attached hydrogens (primary N) is 1. The molecule has 0 aliphatic carbocycles. The van der Waals surface area contributed by atoms with Crippen LogP contribution in [0.4, 0.5) is 0 Å². The molecule has 0 radical (unpaired) electrons. The number of rotatable bonds is 4. The Morgan fingerprint density at radius 1 is 1.31 bits per heavy atom. The number of aryl methyl sites for hydroxylation is 2. The zero-order valence-corrected chi connectivity index (χ0v) is 10.2. The number of nitrogens with one attached hydrogen (secondary N) is 1. The van der Waals surface area contributed by atoms with E-state index in [1.54, 1.807) is 7.05 Å². The van der Waals surface area contributed by atoms with Crippen molar-refractivity contribution < 1.29 is 4.79 Å². The minimum absolute atomic E-state index is 0.0154. The second kappa shape index (κ2) is 5.66. The number of benzene rings is 1. The van der Waals surface area contributed by atoms with Gasteiger partial charge in [-0.15, -0.1) is 0 Å². The normalized spacial score (nSPS) is 12.2. The van der Waals surface area contributed by atoms with E-state index in [9.17, 15) is 4.79 Å². The van der Waals surface area contributed by atoms with Crippen LogP contribution in [0.5, 0.6) is 0 Å². The van der Waals surface area contributed by atoms with Gasteiger partial charge in [0.1, 0.15) is 0 Å². The fraction of sp³-hybridized carbons (Fsp3) is 0.462.